The number of anilines is 2. The van der Waals surface area contributed by atoms with E-state index < -0.39 is 5.92 Å². The molecule has 1 aromatic carbocycles. The molecule has 1 saturated carbocycles. The van der Waals surface area contributed by atoms with Crippen LogP contribution in [0.1, 0.15) is 24.8 Å². The van der Waals surface area contributed by atoms with E-state index in [1.165, 1.54) is 0 Å². The predicted molar refractivity (Wildman–Crippen MR) is 72.7 cm³/mol. The van der Waals surface area contributed by atoms with E-state index in [4.69, 9.17) is 0 Å². The van der Waals surface area contributed by atoms with E-state index in [2.05, 4.69) is 16.0 Å². The van der Waals surface area contributed by atoms with Crippen LogP contribution in [0.3, 0.4) is 0 Å². The van der Waals surface area contributed by atoms with Gasteiger partial charge in [0.15, 0.2) is 0 Å². The molecule has 1 aromatic rings. The zero-order valence-electron chi connectivity index (χ0n) is 11.0. The fraction of sp³-hybridized carbons (Fsp3) is 0.500. The third-order valence-electron chi connectivity index (χ3n) is 3.78. The topological polar surface area (TPSA) is 53.2 Å². The van der Waals surface area contributed by atoms with Crippen LogP contribution in [-0.2, 0) is 11.3 Å². The molecule has 4 nitrogen and oxygen atoms in total. The lowest BCUT2D eigenvalue weighted by Crippen LogP contribution is -2.38. The fourth-order valence-corrected chi connectivity index (χ4v) is 2.70. The molecule has 1 amide bonds. The first-order valence-corrected chi connectivity index (χ1v) is 6.77. The molecular formula is C14H17F2N3O. The summed E-state index contributed by atoms with van der Waals surface area (Å²) in [5.41, 5.74) is 3.07. The van der Waals surface area contributed by atoms with Crippen LogP contribution in [0.15, 0.2) is 18.2 Å². The Morgan fingerprint density at radius 3 is 2.80 bits per heavy atom. The van der Waals surface area contributed by atoms with Gasteiger partial charge in [-0.25, -0.2) is 8.78 Å². The molecule has 1 heterocycles. The second-order valence-electron chi connectivity index (χ2n) is 5.52. The number of hydrogen-bond acceptors (Lipinski definition) is 3. The van der Waals surface area contributed by atoms with Crippen molar-refractivity contribution in [2.45, 2.75) is 31.7 Å². The maximum atomic E-state index is 12.7. The number of benzene rings is 1. The lowest BCUT2D eigenvalue weighted by molar-refractivity contribution is -0.133. The summed E-state index contributed by atoms with van der Waals surface area (Å²) in [6.45, 7) is 1.14. The van der Waals surface area contributed by atoms with Gasteiger partial charge in [-0.05, 0) is 23.6 Å². The van der Waals surface area contributed by atoms with Crippen molar-refractivity contribution in [1.29, 1.82) is 0 Å². The van der Waals surface area contributed by atoms with Crippen molar-refractivity contribution < 1.29 is 13.6 Å². The maximum absolute atomic E-state index is 12.7. The molecule has 0 bridgehead atoms. The standard InChI is InChI=1S/C14H17F2N3O/c15-14(16)5-10(6-14)4-13(20)17-7-9-1-2-11-12(3-9)19-8-18-11/h1-3,10,18-19H,4-8H2,(H,17,20). The van der Waals surface area contributed by atoms with Gasteiger partial charge in [0.2, 0.25) is 11.8 Å². The van der Waals surface area contributed by atoms with Crippen molar-refractivity contribution >= 4 is 17.3 Å². The first-order valence-electron chi connectivity index (χ1n) is 6.77. The zero-order chi connectivity index (χ0) is 14.2. The summed E-state index contributed by atoms with van der Waals surface area (Å²) in [7, 11) is 0. The number of fused-ring (bicyclic) bond motifs is 1. The number of alkyl halides is 2. The molecule has 0 unspecified atom stereocenters. The van der Waals surface area contributed by atoms with E-state index in [1.807, 2.05) is 18.2 Å². The van der Waals surface area contributed by atoms with Gasteiger partial charge >= 0.3 is 0 Å². The molecule has 3 N–H and O–H groups in total. The first kappa shape index (κ1) is 13.1. The highest BCUT2D eigenvalue weighted by Gasteiger charge is 2.45. The van der Waals surface area contributed by atoms with Gasteiger partial charge in [-0.1, -0.05) is 6.07 Å². The molecule has 1 aliphatic heterocycles. The molecule has 0 aromatic heterocycles. The molecule has 0 saturated heterocycles. The summed E-state index contributed by atoms with van der Waals surface area (Å²) in [6.07, 6.45) is -0.121. The minimum absolute atomic E-state index is 0.155. The number of halogens is 2. The second kappa shape index (κ2) is 4.92. The van der Waals surface area contributed by atoms with Crippen LogP contribution in [-0.4, -0.2) is 18.5 Å². The molecule has 0 radical (unpaired) electrons. The van der Waals surface area contributed by atoms with Gasteiger partial charge in [0.1, 0.15) is 0 Å². The van der Waals surface area contributed by atoms with Crippen LogP contribution in [0.5, 0.6) is 0 Å². The molecular weight excluding hydrogens is 264 g/mol. The van der Waals surface area contributed by atoms with Crippen molar-refractivity contribution in [2.24, 2.45) is 5.92 Å². The highest BCUT2D eigenvalue weighted by atomic mass is 19.3. The smallest absolute Gasteiger partial charge is 0.248 e. The molecule has 3 rings (SSSR count). The average molecular weight is 281 g/mol. The Kier molecular flexibility index (Phi) is 3.23. The molecule has 0 spiro atoms. The van der Waals surface area contributed by atoms with E-state index in [1.54, 1.807) is 0 Å². The van der Waals surface area contributed by atoms with Gasteiger partial charge in [-0.15, -0.1) is 0 Å². The SMILES string of the molecule is O=C(CC1CC(F)(F)C1)NCc1ccc2c(c1)NCN2. The molecule has 0 atom stereocenters. The Hall–Kier alpha value is -1.85. The lowest BCUT2D eigenvalue weighted by atomic mass is 9.79. The Labute approximate surface area is 115 Å². The highest BCUT2D eigenvalue weighted by Crippen LogP contribution is 2.43. The van der Waals surface area contributed by atoms with Crippen molar-refractivity contribution in [3.05, 3.63) is 23.8 Å². The van der Waals surface area contributed by atoms with Crippen molar-refractivity contribution in [1.82, 2.24) is 5.32 Å². The van der Waals surface area contributed by atoms with Gasteiger partial charge in [-0.3, -0.25) is 4.79 Å². The third kappa shape index (κ3) is 2.84. The highest BCUT2D eigenvalue weighted by molar-refractivity contribution is 5.77. The summed E-state index contributed by atoms with van der Waals surface area (Å²) >= 11 is 0. The van der Waals surface area contributed by atoms with Crippen molar-refractivity contribution in [3.63, 3.8) is 0 Å². The zero-order valence-corrected chi connectivity index (χ0v) is 11.0. The summed E-state index contributed by atoms with van der Waals surface area (Å²) in [6, 6.07) is 5.88. The first-order chi connectivity index (χ1) is 9.52. The maximum Gasteiger partial charge on any atom is 0.248 e. The lowest BCUT2D eigenvalue weighted by Gasteiger charge is -2.34. The number of carbonyl (C=O) groups is 1. The number of hydrogen-bond donors (Lipinski definition) is 3. The quantitative estimate of drug-likeness (QED) is 0.795. The summed E-state index contributed by atoms with van der Waals surface area (Å²) in [5.74, 6) is -2.88. The van der Waals surface area contributed by atoms with Crippen LogP contribution in [0.4, 0.5) is 20.2 Å². The number of amides is 1. The number of rotatable bonds is 4. The van der Waals surface area contributed by atoms with Crippen molar-refractivity contribution in [2.75, 3.05) is 17.3 Å². The van der Waals surface area contributed by atoms with E-state index in [0.717, 1.165) is 16.9 Å². The Morgan fingerprint density at radius 2 is 2.05 bits per heavy atom. The van der Waals surface area contributed by atoms with Crippen LogP contribution in [0.2, 0.25) is 0 Å². The molecule has 108 valence electrons. The van der Waals surface area contributed by atoms with E-state index in [9.17, 15) is 13.6 Å². The second-order valence-corrected chi connectivity index (χ2v) is 5.52. The Balaban J connectivity index is 1.46. The minimum Gasteiger partial charge on any atom is -0.366 e. The fourth-order valence-electron chi connectivity index (χ4n) is 2.70. The molecule has 6 heteroatoms. The van der Waals surface area contributed by atoms with E-state index in [-0.39, 0.29) is 31.1 Å². The summed E-state index contributed by atoms with van der Waals surface area (Å²) in [5, 5.41) is 9.14. The third-order valence-corrected chi connectivity index (χ3v) is 3.78. The monoisotopic (exact) mass is 281 g/mol. The Morgan fingerprint density at radius 1 is 1.30 bits per heavy atom. The molecule has 1 fully saturated rings. The summed E-state index contributed by atoms with van der Waals surface area (Å²) < 4.78 is 25.3. The molecule has 20 heavy (non-hydrogen) atoms. The molecule has 1 aliphatic carbocycles. The van der Waals surface area contributed by atoms with Crippen LogP contribution in [0.25, 0.3) is 0 Å². The predicted octanol–water partition coefficient (Wildman–Crippen LogP) is 2.53. The van der Waals surface area contributed by atoms with Gasteiger partial charge in [0, 0.05) is 25.8 Å². The van der Waals surface area contributed by atoms with Crippen molar-refractivity contribution in [3.8, 4) is 0 Å². The minimum atomic E-state index is -2.55. The Bertz CT molecular complexity index is 525. The van der Waals surface area contributed by atoms with Gasteiger partial charge in [0.05, 0.1) is 18.0 Å². The number of carbonyl (C=O) groups excluding carboxylic acids is 1. The number of nitrogens with one attached hydrogen (secondary N) is 3. The van der Waals surface area contributed by atoms with E-state index >= 15 is 0 Å². The van der Waals surface area contributed by atoms with Gasteiger partial charge in [-0.2, -0.15) is 0 Å². The van der Waals surface area contributed by atoms with Crippen LogP contribution < -0.4 is 16.0 Å². The molecule has 2 aliphatic rings. The van der Waals surface area contributed by atoms with Crippen LogP contribution in [0, 0.1) is 5.92 Å². The largest absolute Gasteiger partial charge is 0.366 e. The van der Waals surface area contributed by atoms with E-state index in [0.29, 0.717) is 13.2 Å². The van der Waals surface area contributed by atoms with Gasteiger partial charge in [0.25, 0.3) is 0 Å². The normalized spacial score (nSPS) is 19.5. The summed E-state index contributed by atoms with van der Waals surface area (Å²) in [4.78, 5) is 11.7. The average Bonchev–Trinajstić information content (AvgIpc) is 2.81. The van der Waals surface area contributed by atoms with Gasteiger partial charge < -0.3 is 16.0 Å². The van der Waals surface area contributed by atoms with Crippen LogP contribution >= 0.6 is 0 Å².